The molecule has 1 aliphatic rings. The summed E-state index contributed by atoms with van der Waals surface area (Å²) in [6.45, 7) is 0.665. The summed E-state index contributed by atoms with van der Waals surface area (Å²) in [6.07, 6.45) is -1.75. The van der Waals surface area contributed by atoms with Gasteiger partial charge in [-0.05, 0) is 31.4 Å². The Morgan fingerprint density at radius 3 is 2.70 bits per heavy atom. The van der Waals surface area contributed by atoms with Crippen LogP contribution in [0.2, 0.25) is 0 Å². The molecule has 2 rings (SSSR count). The second kappa shape index (κ2) is 5.66. The quantitative estimate of drug-likeness (QED) is 0.765. The second-order valence-corrected chi connectivity index (χ2v) is 4.75. The Morgan fingerprint density at radius 2 is 2.10 bits per heavy atom. The van der Waals surface area contributed by atoms with Gasteiger partial charge in [-0.15, -0.1) is 0 Å². The average molecular weight is 289 g/mol. The number of halogens is 3. The smallest absolute Gasteiger partial charge is 0.327 e. The molecule has 0 radical (unpaired) electrons. The van der Waals surface area contributed by atoms with Crippen LogP contribution in [0.1, 0.15) is 18.4 Å². The molecule has 0 spiro atoms. The van der Waals surface area contributed by atoms with Crippen LogP contribution in [-0.2, 0) is 11.0 Å². The van der Waals surface area contributed by atoms with E-state index < -0.39 is 28.9 Å². The summed E-state index contributed by atoms with van der Waals surface area (Å²) >= 11 is 0. The highest BCUT2D eigenvalue weighted by molar-refractivity contribution is 5.92. The molecule has 1 fully saturated rings. The topological polar surface area (TPSA) is 74.0 Å². The fraction of sp³-hybridized carbons (Fsp3) is 0.500. The lowest BCUT2D eigenvalue weighted by Gasteiger charge is -2.09. The lowest BCUT2D eigenvalue weighted by molar-refractivity contribution is -0.137. The molecule has 1 aromatic heterocycles. The van der Waals surface area contributed by atoms with Gasteiger partial charge >= 0.3 is 6.18 Å². The van der Waals surface area contributed by atoms with Crippen molar-refractivity contribution in [1.82, 2.24) is 10.3 Å². The van der Waals surface area contributed by atoms with Crippen molar-refractivity contribution in [2.75, 3.05) is 18.4 Å². The van der Waals surface area contributed by atoms with Crippen molar-refractivity contribution in [1.29, 1.82) is 0 Å². The summed E-state index contributed by atoms with van der Waals surface area (Å²) in [5, 5.41) is 5.06. The molecule has 0 aromatic carbocycles. The molecular formula is C12H14F3N3O2. The fourth-order valence-electron chi connectivity index (χ4n) is 1.65. The number of amides is 1. The van der Waals surface area contributed by atoms with Crippen LogP contribution in [0.4, 0.5) is 18.9 Å². The number of carbonyl (C=O) groups is 1. The molecule has 5 nitrogen and oxygen atoms in total. The van der Waals surface area contributed by atoms with Crippen LogP contribution in [0.5, 0.6) is 0 Å². The van der Waals surface area contributed by atoms with Gasteiger partial charge in [0, 0.05) is 6.20 Å². The highest BCUT2D eigenvalue weighted by Crippen LogP contribution is 2.29. The number of hydrogen-bond acceptors (Lipinski definition) is 3. The normalized spacial score (nSPS) is 15.2. The SMILES string of the molecule is O=C(CNCC1CC1)Nc1cc(C(F)(F)F)c[nH]c1=O. The van der Waals surface area contributed by atoms with Crippen molar-refractivity contribution in [3.05, 3.63) is 28.2 Å². The Morgan fingerprint density at radius 1 is 1.40 bits per heavy atom. The molecule has 0 aliphatic heterocycles. The highest BCUT2D eigenvalue weighted by atomic mass is 19.4. The summed E-state index contributed by atoms with van der Waals surface area (Å²) in [6, 6.07) is 0.623. The van der Waals surface area contributed by atoms with E-state index in [1.165, 1.54) is 0 Å². The van der Waals surface area contributed by atoms with E-state index in [1.54, 1.807) is 0 Å². The zero-order valence-corrected chi connectivity index (χ0v) is 10.5. The Kier molecular flexibility index (Phi) is 4.12. The first-order chi connectivity index (χ1) is 9.36. The van der Waals surface area contributed by atoms with E-state index in [4.69, 9.17) is 0 Å². The maximum atomic E-state index is 12.5. The summed E-state index contributed by atoms with van der Waals surface area (Å²) in [5.74, 6) is 0.0373. The van der Waals surface area contributed by atoms with Gasteiger partial charge in [-0.1, -0.05) is 0 Å². The number of hydrogen-bond donors (Lipinski definition) is 3. The molecule has 0 unspecified atom stereocenters. The zero-order chi connectivity index (χ0) is 14.8. The third-order valence-corrected chi connectivity index (χ3v) is 2.92. The fourth-order valence-corrected chi connectivity index (χ4v) is 1.65. The van der Waals surface area contributed by atoms with Crippen molar-refractivity contribution < 1.29 is 18.0 Å². The lowest BCUT2D eigenvalue weighted by Crippen LogP contribution is -2.31. The van der Waals surface area contributed by atoms with Crippen LogP contribution < -0.4 is 16.2 Å². The van der Waals surface area contributed by atoms with E-state index in [9.17, 15) is 22.8 Å². The molecule has 1 aromatic rings. The minimum absolute atomic E-state index is 0.0355. The zero-order valence-electron chi connectivity index (χ0n) is 10.5. The molecule has 0 saturated heterocycles. The van der Waals surface area contributed by atoms with Crippen molar-refractivity contribution in [3.63, 3.8) is 0 Å². The predicted octanol–water partition coefficient (Wildman–Crippen LogP) is 1.33. The molecule has 0 bridgehead atoms. The second-order valence-electron chi connectivity index (χ2n) is 4.75. The first-order valence-electron chi connectivity index (χ1n) is 6.17. The van der Waals surface area contributed by atoms with Crippen LogP contribution in [-0.4, -0.2) is 24.0 Å². The van der Waals surface area contributed by atoms with E-state index in [-0.39, 0.29) is 6.54 Å². The van der Waals surface area contributed by atoms with Gasteiger partial charge in [0.25, 0.3) is 5.56 Å². The minimum atomic E-state index is -4.58. The van der Waals surface area contributed by atoms with Gasteiger partial charge in [0.15, 0.2) is 0 Å². The molecule has 20 heavy (non-hydrogen) atoms. The maximum Gasteiger partial charge on any atom is 0.417 e. The van der Waals surface area contributed by atoms with Crippen molar-refractivity contribution in [2.45, 2.75) is 19.0 Å². The van der Waals surface area contributed by atoms with E-state index in [2.05, 4.69) is 10.6 Å². The summed E-state index contributed by atoms with van der Waals surface area (Å²) in [7, 11) is 0. The van der Waals surface area contributed by atoms with E-state index >= 15 is 0 Å². The van der Waals surface area contributed by atoms with Crippen LogP contribution in [0.3, 0.4) is 0 Å². The summed E-state index contributed by atoms with van der Waals surface area (Å²) < 4.78 is 37.5. The number of aromatic nitrogens is 1. The average Bonchev–Trinajstić information content (AvgIpc) is 3.14. The first-order valence-corrected chi connectivity index (χ1v) is 6.17. The molecule has 3 N–H and O–H groups in total. The summed E-state index contributed by atoms with van der Waals surface area (Å²) in [4.78, 5) is 24.8. The summed E-state index contributed by atoms with van der Waals surface area (Å²) in [5.41, 5.74) is -2.19. The number of anilines is 1. The number of alkyl halides is 3. The van der Waals surface area contributed by atoms with Crippen LogP contribution in [0.15, 0.2) is 17.1 Å². The number of pyridine rings is 1. The van der Waals surface area contributed by atoms with Crippen molar-refractivity contribution in [3.8, 4) is 0 Å². The van der Waals surface area contributed by atoms with Crippen LogP contribution >= 0.6 is 0 Å². The van der Waals surface area contributed by atoms with E-state index in [1.807, 2.05) is 4.98 Å². The Labute approximate surface area is 112 Å². The minimum Gasteiger partial charge on any atom is -0.327 e. The number of H-pyrrole nitrogens is 1. The standard InChI is InChI=1S/C12H14F3N3O2/c13-12(14,15)8-3-9(11(20)17-5-8)18-10(19)6-16-4-7-1-2-7/h3,5,7,16H,1-2,4,6H2,(H,17,20)(H,18,19). The molecule has 0 atom stereocenters. The van der Waals surface area contributed by atoms with Gasteiger partial charge in [-0.25, -0.2) is 0 Å². The number of nitrogens with one attached hydrogen (secondary N) is 3. The predicted molar refractivity (Wildman–Crippen MR) is 66.3 cm³/mol. The van der Waals surface area contributed by atoms with Gasteiger partial charge < -0.3 is 15.6 Å². The largest absolute Gasteiger partial charge is 0.417 e. The molecule has 110 valence electrons. The third-order valence-electron chi connectivity index (χ3n) is 2.92. The third kappa shape index (κ3) is 4.09. The van der Waals surface area contributed by atoms with Gasteiger partial charge in [0.2, 0.25) is 5.91 Å². The van der Waals surface area contributed by atoms with Crippen LogP contribution in [0.25, 0.3) is 0 Å². The highest BCUT2D eigenvalue weighted by Gasteiger charge is 2.31. The van der Waals surface area contributed by atoms with E-state index in [0.29, 0.717) is 24.7 Å². The monoisotopic (exact) mass is 289 g/mol. The van der Waals surface area contributed by atoms with Gasteiger partial charge in [0.1, 0.15) is 5.69 Å². The molecule has 1 heterocycles. The van der Waals surface area contributed by atoms with Crippen molar-refractivity contribution >= 4 is 11.6 Å². The number of carbonyl (C=O) groups excluding carboxylic acids is 1. The van der Waals surface area contributed by atoms with Crippen LogP contribution in [0, 0.1) is 5.92 Å². The molecular weight excluding hydrogens is 275 g/mol. The Balaban J connectivity index is 1.96. The van der Waals surface area contributed by atoms with E-state index in [0.717, 1.165) is 12.8 Å². The number of aromatic amines is 1. The molecule has 1 amide bonds. The number of rotatable bonds is 5. The van der Waals surface area contributed by atoms with Gasteiger partial charge in [0.05, 0.1) is 12.1 Å². The first kappa shape index (κ1) is 14.6. The Bertz CT molecular complexity index is 550. The lowest BCUT2D eigenvalue weighted by atomic mass is 10.2. The van der Waals surface area contributed by atoms with Gasteiger partial charge in [-0.3, -0.25) is 9.59 Å². The van der Waals surface area contributed by atoms with Gasteiger partial charge in [-0.2, -0.15) is 13.2 Å². The Hall–Kier alpha value is -1.83. The van der Waals surface area contributed by atoms with Crippen molar-refractivity contribution in [2.24, 2.45) is 5.92 Å². The molecule has 1 saturated carbocycles. The maximum absolute atomic E-state index is 12.5. The molecule has 1 aliphatic carbocycles. The molecule has 8 heteroatoms.